The van der Waals surface area contributed by atoms with Crippen molar-refractivity contribution in [2.75, 3.05) is 25.1 Å². The Labute approximate surface area is 108 Å². The first-order valence-electron chi connectivity index (χ1n) is 6.25. The van der Waals surface area contributed by atoms with E-state index < -0.39 is 0 Å². The molecule has 0 aliphatic carbocycles. The highest BCUT2D eigenvalue weighted by Crippen LogP contribution is 2.22. The van der Waals surface area contributed by atoms with E-state index in [0.29, 0.717) is 6.04 Å². The van der Waals surface area contributed by atoms with Crippen molar-refractivity contribution >= 4 is 11.8 Å². The van der Waals surface area contributed by atoms with Gasteiger partial charge >= 0.3 is 0 Å². The van der Waals surface area contributed by atoms with Crippen LogP contribution in [0.25, 0.3) is 0 Å². The van der Waals surface area contributed by atoms with Crippen LogP contribution in [0.5, 0.6) is 0 Å². The number of aryl methyl sites for hydroxylation is 1. The predicted molar refractivity (Wildman–Crippen MR) is 73.4 cm³/mol. The second-order valence-corrected chi connectivity index (χ2v) is 5.87. The fourth-order valence-electron chi connectivity index (χ4n) is 2.22. The summed E-state index contributed by atoms with van der Waals surface area (Å²) in [5.41, 5.74) is 1.34. The number of hydrogen-bond donors (Lipinski definition) is 1. The highest BCUT2D eigenvalue weighted by atomic mass is 32.2. The van der Waals surface area contributed by atoms with E-state index in [0.717, 1.165) is 24.6 Å². The van der Waals surface area contributed by atoms with E-state index in [1.54, 1.807) is 0 Å². The standard InChI is InChI=1S/C13H22N2OS/c1-10-9-17-5-4-15(10)8-12-6-13(7-14-3)16-11(12)2/h6,10,14H,4-5,7-9H2,1-3H3. The van der Waals surface area contributed by atoms with Gasteiger partial charge in [-0.1, -0.05) is 0 Å². The van der Waals surface area contributed by atoms with Gasteiger partial charge in [-0.2, -0.15) is 11.8 Å². The van der Waals surface area contributed by atoms with Crippen LogP contribution in [0.1, 0.15) is 24.0 Å². The summed E-state index contributed by atoms with van der Waals surface area (Å²) in [5.74, 6) is 4.62. The Morgan fingerprint density at radius 3 is 3.12 bits per heavy atom. The van der Waals surface area contributed by atoms with Crippen molar-refractivity contribution < 1.29 is 4.42 Å². The van der Waals surface area contributed by atoms with Crippen molar-refractivity contribution in [1.82, 2.24) is 10.2 Å². The molecule has 1 aliphatic rings. The zero-order valence-electron chi connectivity index (χ0n) is 11.0. The first kappa shape index (κ1) is 13.0. The minimum absolute atomic E-state index is 0.677. The molecule has 3 nitrogen and oxygen atoms in total. The third kappa shape index (κ3) is 3.27. The van der Waals surface area contributed by atoms with Gasteiger partial charge in [-0.05, 0) is 27.0 Å². The molecule has 0 radical (unpaired) electrons. The van der Waals surface area contributed by atoms with Gasteiger partial charge in [-0.15, -0.1) is 0 Å². The van der Waals surface area contributed by atoms with E-state index in [9.17, 15) is 0 Å². The van der Waals surface area contributed by atoms with Gasteiger partial charge in [0, 0.05) is 36.2 Å². The molecular weight excluding hydrogens is 232 g/mol. The lowest BCUT2D eigenvalue weighted by Gasteiger charge is -2.32. The Hall–Kier alpha value is -0.450. The average molecular weight is 254 g/mol. The molecule has 96 valence electrons. The molecule has 0 saturated carbocycles. The molecule has 1 N–H and O–H groups in total. The molecule has 17 heavy (non-hydrogen) atoms. The molecule has 1 fully saturated rings. The maximum atomic E-state index is 5.74. The summed E-state index contributed by atoms with van der Waals surface area (Å²) < 4.78 is 5.74. The normalized spacial score (nSPS) is 21.9. The second kappa shape index (κ2) is 5.94. The van der Waals surface area contributed by atoms with E-state index in [1.165, 1.54) is 23.6 Å². The maximum absolute atomic E-state index is 5.74. The van der Waals surface area contributed by atoms with E-state index in [4.69, 9.17) is 4.42 Å². The maximum Gasteiger partial charge on any atom is 0.118 e. The lowest BCUT2D eigenvalue weighted by molar-refractivity contribution is 0.222. The minimum Gasteiger partial charge on any atom is -0.465 e. The Kier molecular flexibility index (Phi) is 4.54. The number of nitrogens with one attached hydrogen (secondary N) is 1. The average Bonchev–Trinajstić information content (AvgIpc) is 2.63. The Balaban J connectivity index is 2.01. The fraction of sp³-hybridized carbons (Fsp3) is 0.692. The zero-order valence-corrected chi connectivity index (χ0v) is 11.8. The van der Waals surface area contributed by atoms with Gasteiger partial charge < -0.3 is 9.73 Å². The molecule has 1 atom stereocenters. The van der Waals surface area contributed by atoms with Gasteiger partial charge in [0.2, 0.25) is 0 Å². The van der Waals surface area contributed by atoms with Crippen LogP contribution in [-0.2, 0) is 13.1 Å². The van der Waals surface area contributed by atoms with Crippen molar-refractivity contribution in [2.45, 2.75) is 33.0 Å². The number of hydrogen-bond acceptors (Lipinski definition) is 4. The zero-order chi connectivity index (χ0) is 12.3. The Bertz CT molecular complexity index is 364. The summed E-state index contributed by atoms with van der Waals surface area (Å²) in [6.07, 6.45) is 0. The van der Waals surface area contributed by atoms with Crippen LogP contribution in [-0.4, -0.2) is 36.0 Å². The number of nitrogens with zero attached hydrogens (tertiary/aromatic N) is 1. The summed E-state index contributed by atoms with van der Waals surface area (Å²) >= 11 is 2.06. The van der Waals surface area contributed by atoms with Gasteiger partial charge in [-0.3, -0.25) is 4.90 Å². The van der Waals surface area contributed by atoms with Gasteiger partial charge in [-0.25, -0.2) is 0 Å². The molecule has 2 rings (SSSR count). The summed E-state index contributed by atoms with van der Waals surface area (Å²) in [4.78, 5) is 2.55. The first-order chi connectivity index (χ1) is 8.20. The summed E-state index contributed by atoms with van der Waals surface area (Å²) in [6.45, 7) is 7.42. The van der Waals surface area contributed by atoms with Crippen molar-refractivity contribution in [3.63, 3.8) is 0 Å². The SMILES string of the molecule is CNCc1cc(CN2CCSCC2C)c(C)o1. The molecule has 0 bridgehead atoms. The van der Waals surface area contributed by atoms with Gasteiger partial charge in [0.1, 0.15) is 11.5 Å². The minimum atomic E-state index is 0.677. The number of thioether (sulfide) groups is 1. The molecule has 0 spiro atoms. The van der Waals surface area contributed by atoms with Crippen LogP contribution in [0.2, 0.25) is 0 Å². The van der Waals surface area contributed by atoms with Crippen molar-refractivity contribution in [3.8, 4) is 0 Å². The molecule has 1 aromatic rings. The lowest BCUT2D eigenvalue weighted by Crippen LogP contribution is -2.39. The van der Waals surface area contributed by atoms with E-state index in [-0.39, 0.29) is 0 Å². The van der Waals surface area contributed by atoms with Crippen LogP contribution in [0.4, 0.5) is 0 Å². The Morgan fingerprint density at radius 1 is 1.59 bits per heavy atom. The summed E-state index contributed by atoms with van der Waals surface area (Å²) in [6, 6.07) is 2.87. The monoisotopic (exact) mass is 254 g/mol. The van der Waals surface area contributed by atoms with E-state index in [1.807, 2.05) is 7.05 Å². The van der Waals surface area contributed by atoms with Crippen LogP contribution >= 0.6 is 11.8 Å². The van der Waals surface area contributed by atoms with E-state index >= 15 is 0 Å². The van der Waals surface area contributed by atoms with Gasteiger partial charge in [0.15, 0.2) is 0 Å². The number of furan rings is 1. The summed E-state index contributed by atoms with van der Waals surface area (Å²) in [7, 11) is 1.95. The first-order valence-corrected chi connectivity index (χ1v) is 7.40. The summed E-state index contributed by atoms with van der Waals surface area (Å²) in [5, 5.41) is 3.13. The molecule has 1 aliphatic heterocycles. The lowest BCUT2D eigenvalue weighted by atomic mass is 10.2. The van der Waals surface area contributed by atoms with Crippen LogP contribution in [0.15, 0.2) is 10.5 Å². The topological polar surface area (TPSA) is 28.4 Å². The molecule has 4 heteroatoms. The van der Waals surface area contributed by atoms with Crippen LogP contribution in [0.3, 0.4) is 0 Å². The number of rotatable bonds is 4. The molecule has 1 unspecified atom stereocenters. The highest BCUT2D eigenvalue weighted by molar-refractivity contribution is 7.99. The largest absolute Gasteiger partial charge is 0.465 e. The van der Waals surface area contributed by atoms with Gasteiger partial charge in [0.25, 0.3) is 0 Å². The third-order valence-corrected chi connectivity index (χ3v) is 4.49. The quantitative estimate of drug-likeness (QED) is 0.892. The second-order valence-electron chi connectivity index (χ2n) is 4.72. The molecule has 2 heterocycles. The van der Waals surface area contributed by atoms with Crippen molar-refractivity contribution in [2.24, 2.45) is 0 Å². The van der Waals surface area contributed by atoms with Crippen molar-refractivity contribution in [3.05, 3.63) is 23.2 Å². The predicted octanol–water partition coefficient (Wildman–Crippen LogP) is 2.24. The van der Waals surface area contributed by atoms with Gasteiger partial charge in [0.05, 0.1) is 6.54 Å². The highest BCUT2D eigenvalue weighted by Gasteiger charge is 2.20. The van der Waals surface area contributed by atoms with Crippen molar-refractivity contribution in [1.29, 1.82) is 0 Å². The Morgan fingerprint density at radius 2 is 2.41 bits per heavy atom. The van der Waals surface area contributed by atoms with E-state index in [2.05, 4.69) is 41.9 Å². The molecule has 0 amide bonds. The fourth-order valence-corrected chi connectivity index (χ4v) is 3.30. The molecule has 1 aromatic heterocycles. The molecule has 1 saturated heterocycles. The molecule has 0 aromatic carbocycles. The van der Waals surface area contributed by atoms with Crippen LogP contribution < -0.4 is 5.32 Å². The smallest absolute Gasteiger partial charge is 0.118 e. The van der Waals surface area contributed by atoms with Crippen LogP contribution in [0, 0.1) is 6.92 Å². The third-order valence-electron chi connectivity index (χ3n) is 3.30. The molecular formula is C13H22N2OS.